The van der Waals surface area contributed by atoms with E-state index in [0.717, 1.165) is 36.1 Å². The lowest BCUT2D eigenvalue weighted by atomic mass is 10.1. The van der Waals surface area contributed by atoms with Crippen molar-refractivity contribution in [3.8, 4) is 17.1 Å². The number of hydrogen-bond acceptors (Lipinski definition) is 4. The number of nitrogens with zero attached hydrogens (tertiary/aromatic N) is 2. The van der Waals surface area contributed by atoms with Gasteiger partial charge in [0.25, 0.3) is 0 Å². The molecule has 0 saturated heterocycles. The standard InChI is InChI=1S/C17H17N3O2/c21-17(11-5-6-11)20-10-13-9-12-3-1-4-14(15(12)22-13)16-18-7-2-8-19-16/h1-4,7-8,11,13H,5-6,9-10H2,(H,20,21). The number of aromatic nitrogens is 2. The Labute approximate surface area is 128 Å². The summed E-state index contributed by atoms with van der Waals surface area (Å²) in [4.78, 5) is 20.3. The van der Waals surface area contributed by atoms with Gasteiger partial charge in [-0.15, -0.1) is 0 Å². The number of nitrogens with one attached hydrogen (secondary N) is 1. The first-order valence-corrected chi connectivity index (χ1v) is 7.65. The van der Waals surface area contributed by atoms with Crippen LogP contribution in [-0.4, -0.2) is 28.5 Å². The van der Waals surface area contributed by atoms with Gasteiger partial charge in [-0.1, -0.05) is 12.1 Å². The van der Waals surface area contributed by atoms with Crippen LogP contribution in [0.2, 0.25) is 0 Å². The van der Waals surface area contributed by atoms with Crippen molar-refractivity contribution in [2.75, 3.05) is 6.54 Å². The Morgan fingerprint density at radius 2 is 2.05 bits per heavy atom. The molecular weight excluding hydrogens is 278 g/mol. The fourth-order valence-corrected chi connectivity index (χ4v) is 2.77. The van der Waals surface area contributed by atoms with Crippen LogP contribution >= 0.6 is 0 Å². The SMILES string of the molecule is O=C(NCC1Cc2cccc(-c3ncccn3)c2O1)C1CC1. The minimum Gasteiger partial charge on any atom is -0.487 e. The first-order valence-electron chi connectivity index (χ1n) is 7.65. The zero-order valence-electron chi connectivity index (χ0n) is 12.2. The predicted molar refractivity (Wildman–Crippen MR) is 81.3 cm³/mol. The lowest BCUT2D eigenvalue weighted by Gasteiger charge is -2.13. The molecule has 2 heterocycles. The summed E-state index contributed by atoms with van der Waals surface area (Å²) in [5.41, 5.74) is 2.06. The Bertz CT molecular complexity index is 698. The second-order valence-corrected chi connectivity index (χ2v) is 5.83. The highest BCUT2D eigenvalue weighted by Crippen LogP contribution is 2.37. The maximum Gasteiger partial charge on any atom is 0.223 e. The molecule has 5 nitrogen and oxygen atoms in total. The third-order valence-corrected chi connectivity index (χ3v) is 4.09. The average molecular weight is 295 g/mol. The van der Waals surface area contributed by atoms with Crippen LogP contribution in [-0.2, 0) is 11.2 Å². The molecule has 1 amide bonds. The average Bonchev–Trinajstić information content (AvgIpc) is 3.32. The van der Waals surface area contributed by atoms with Gasteiger partial charge in [0.05, 0.1) is 12.1 Å². The molecule has 22 heavy (non-hydrogen) atoms. The smallest absolute Gasteiger partial charge is 0.223 e. The molecule has 1 aliphatic carbocycles. The molecule has 4 rings (SSSR count). The van der Waals surface area contributed by atoms with Gasteiger partial charge in [-0.3, -0.25) is 4.79 Å². The Hall–Kier alpha value is -2.43. The Morgan fingerprint density at radius 3 is 2.82 bits per heavy atom. The monoisotopic (exact) mass is 295 g/mol. The fourth-order valence-electron chi connectivity index (χ4n) is 2.77. The number of carbonyl (C=O) groups excluding carboxylic acids is 1. The summed E-state index contributed by atoms with van der Waals surface area (Å²) in [5, 5.41) is 2.99. The second kappa shape index (κ2) is 5.40. The molecule has 1 N–H and O–H groups in total. The molecule has 1 atom stereocenters. The van der Waals surface area contributed by atoms with Crippen LogP contribution in [0.5, 0.6) is 5.75 Å². The molecule has 112 valence electrons. The van der Waals surface area contributed by atoms with Gasteiger partial charge < -0.3 is 10.1 Å². The molecule has 1 aliphatic heterocycles. The lowest BCUT2D eigenvalue weighted by molar-refractivity contribution is -0.122. The first kappa shape index (κ1) is 13.2. The van der Waals surface area contributed by atoms with Gasteiger partial charge >= 0.3 is 0 Å². The van der Waals surface area contributed by atoms with E-state index < -0.39 is 0 Å². The molecule has 0 radical (unpaired) electrons. The van der Waals surface area contributed by atoms with Crippen LogP contribution in [0.3, 0.4) is 0 Å². The molecule has 0 bridgehead atoms. The third kappa shape index (κ3) is 2.54. The van der Waals surface area contributed by atoms with Crippen molar-refractivity contribution in [1.82, 2.24) is 15.3 Å². The van der Waals surface area contributed by atoms with Gasteiger partial charge in [-0.25, -0.2) is 9.97 Å². The van der Waals surface area contributed by atoms with E-state index in [1.54, 1.807) is 18.5 Å². The van der Waals surface area contributed by atoms with E-state index in [1.165, 1.54) is 0 Å². The number of amides is 1. The highest BCUT2D eigenvalue weighted by molar-refractivity contribution is 5.80. The number of carbonyl (C=O) groups is 1. The molecule has 1 aromatic carbocycles. The number of hydrogen-bond donors (Lipinski definition) is 1. The van der Waals surface area contributed by atoms with Crippen LogP contribution in [0, 0.1) is 5.92 Å². The maximum absolute atomic E-state index is 11.7. The zero-order chi connectivity index (χ0) is 14.9. The van der Waals surface area contributed by atoms with E-state index in [4.69, 9.17) is 4.74 Å². The number of fused-ring (bicyclic) bond motifs is 1. The van der Waals surface area contributed by atoms with E-state index in [2.05, 4.69) is 21.4 Å². The molecule has 0 spiro atoms. The van der Waals surface area contributed by atoms with Gasteiger partial charge in [0.15, 0.2) is 5.82 Å². The third-order valence-electron chi connectivity index (χ3n) is 4.09. The van der Waals surface area contributed by atoms with Gasteiger partial charge in [-0.2, -0.15) is 0 Å². The number of ether oxygens (including phenoxy) is 1. The second-order valence-electron chi connectivity index (χ2n) is 5.83. The number of para-hydroxylation sites is 1. The van der Waals surface area contributed by atoms with Crippen molar-refractivity contribution in [2.24, 2.45) is 5.92 Å². The molecular formula is C17H17N3O2. The normalized spacial score (nSPS) is 19.4. The Balaban J connectivity index is 1.50. The summed E-state index contributed by atoms with van der Waals surface area (Å²) in [6, 6.07) is 7.83. The summed E-state index contributed by atoms with van der Waals surface area (Å²) in [5.74, 6) is 1.91. The largest absolute Gasteiger partial charge is 0.487 e. The van der Waals surface area contributed by atoms with E-state index >= 15 is 0 Å². The van der Waals surface area contributed by atoms with Crippen molar-refractivity contribution in [3.05, 3.63) is 42.2 Å². The Morgan fingerprint density at radius 1 is 1.23 bits per heavy atom. The molecule has 1 fully saturated rings. The maximum atomic E-state index is 11.7. The Kier molecular flexibility index (Phi) is 3.25. The van der Waals surface area contributed by atoms with E-state index in [1.807, 2.05) is 12.1 Å². The summed E-state index contributed by atoms with van der Waals surface area (Å²) in [7, 11) is 0. The van der Waals surface area contributed by atoms with Crippen LogP contribution < -0.4 is 10.1 Å². The number of rotatable bonds is 4. The quantitative estimate of drug-likeness (QED) is 0.936. The topological polar surface area (TPSA) is 64.1 Å². The summed E-state index contributed by atoms with van der Waals surface area (Å²) in [6.07, 6.45) is 6.29. The van der Waals surface area contributed by atoms with Crippen molar-refractivity contribution in [3.63, 3.8) is 0 Å². The van der Waals surface area contributed by atoms with Crippen molar-refractivity contribution >= 4 is 5.91 Å². The minimum atomic E-state index is -0.0115. The summed E-state index contributed by atoms with van der Waals surface area (Å²) >= 11 is 0. The van der Waals surface area contributed by atoms with E-state index in [0.29, 0.717) is 12.4 Å². The van der Waals surface area contributed by atoms with Crippen molar-refractivity contribution in [1.29, 1.82) is 0 Å². The molecule has 5 heteroatoms. The van der Waals surface area contributed by atoms with Gasteiger partial charge in [0, 0.05) is 24.7 Å². The summed E-state index contributed by atoms with van der Waals surface area (Å²) in [6.45, 7) is 0.555. The minimum absolute atomic E-state index is 0.0115. The van der Waals surface area contributed by atoms with Crippen LogP contribution in [0.4, 0.5) is 0 Å². The first-order chi connectivity index (χ1) is 10.8. The van der Waals surface area contributed by atoms with Crippen molar-refractivity contribution in [2.45, 2.75) is 25.4 Å². The molecule has 1 saturated carbocycles. The molecule has 2 aromatic rings. The van der Waals surface area contributed by atoms with Crippen LogP contribution in [0.1, 0.15) is 18.4 Å². The van der Waals surface area contributed by atoms with Gasteiger partial charge in [0.2, 0.25) is 5.91 Å². The van der Waals surface area contributed by atoms with Crippen LogP contribution in [0.25, 0.3) is 11.4 Å². The molecule has 2 aliphatic rings. The highest BCUT2D eigenvalue weighted by Gasteiger charge is 2.31. The molecule has 1 unspecified atom stereocenters. The zero-order valence-corrected chi connectivity index (χ0v) is 12.2. The number of benzene rings is 1. The van der Waals surface area contributed by atoms with Gasteiger partial charge in [0.1, 0.15) is 11.9 Å². The van der Waals surface area contributed by atoms with E-state index in [-0.39, 0.29) is 17.9 Å². The van der Waals surface area contributed by atoms with E-state index in [9.17, 15) is 4.79 Å². The van der Waals surface area contributed by atoms with Gasteiger partial charge in [-0.05, 0) is 30.5 Å². The lowest BCUT2D eigenvalue weighted by Crippen LogP contribution is -2.35. The molecule has 1 aromatic heterocycles. The van der Waals surface area contributed by atoms with Crippen molar-refractivity contribution < 1.29 is 9.53 Å². The predicted octanol–water partition coefficient (Wildman–Crippen LogP) is 1.97. The summed E-state index contributed by atoms with van der Waals surface area (Å²) < 4.78 is 6.05. The highest BCUT2D eigenvalue weighted by atomic mass is 16.5. The fraction of sp³-hybridized carbons (Fsp3) is 0.353. The van der Waals surface area contributed by atoms with Crippen LogP contribution in [0.15, 0.2) is 36.7 Å².